The number of hydrogen-bond donors (Lipinski definition) is 1. The van der Waals surface area contributed by atoms with Gasteiger partial charge in [0.05, 0.1) is 12.6 Å². The number of hydrogen-bond acceptors (Lipinski definition) is 3. The third kappa shape index (κ3) is 3.96. The number of rotatable bonds is 6. The van der Waals surface area contributed by atoms with Crippen LogP contribution in [0.3, 0.4) is 0 Å². The van der Waals surface area contributed by atoms with Gasteiger partial charge >= 0.3 is 0 Å². The van der Waals surface area contributed by atoms with Crippen molar-refractivity contribution in [1.29, 1.82) is 0 Å². The Bertz CT molecular complexity index is 413. The molecule has 4 heteroatoms. The van der Waals surface area contributed by atoms with Crippen molar-refractivity contribution in [3.8, 4) is 5.75 Å². The summed E-state index contributed by atoms with van der Waals surface area (Å²) >= 11 is 0. The Balaban J connectivity index is 2.78. The highest BCUT2D eigenvalue weighted by molar-refractivity contribution is 5.85. The van der Waals surface area contributed by atoms with Gasteiger partial charge in [-0.25, -0.2) is 0 Å². The van der Waals surface area contributed by atoms with Gasteiger partial charge in [0.2, 0.25) is 5.91 Å². The molecule has 0 aliphatic heterocycles. The van der Waals surface area contributed by atoms with Gasteiger partial charge in [-0.1, -0.05) is 12.1 Å². The molecule has 0 saturated heterocycles. The zero-order valence-electron chi connectivity index (χ0n) is 12.5. The molecule has 0 spiro atoms. The lowest BCUT2D eigenvalue weighted by Crippen LogP contribution is -2.52. The van der Waals surface area contributed by atoms with Crippen LogP contribution in [0.2, 0.25) is 0 Å². The third-order valence-electron chi connectivity index (χ3n) is 3.36. The van der Waals surface area contributed by atoms with E-state index in [0.717, 1.165) is 11.3 Å². The van der Waals surface area contributed by atoms with Crippen molar-refractivity contribution in [2.75, 3.05) is 20.7 Å². The second-order valence-corrected chi connectivity index (χ2v) is 5.04. The molecule has 1 aromatic carbocycles. The summed E-state index contributed by atoms with van der Waals surface area (Å²) in [6.07, 6.45) is 0. The van der Waals surface area contributed by atoms with Gasteiger partial charge in [-0.2, -0.15) is 0 Å². The highest BCUT2D eigenvalue weighted by Crippen LogP contribution is 2.15. The fourth-order valence-electron chi connectivity index (χ4n) is 1.78. The van der Waals surface area contributed by atoms with Gasteiger partial charge in [0.25, 0.3) is 0 Å². The SMILES string of the molecule is CCN(Cc1ccc(OC)cc1)C(=O)C(C)(C)NC. The van der Waals surface area contributed by atoms with Gasteiger partial charge in [-0.3, -0.25) is 4.79 Å². The van der Waals surface area contributed by atoms with Crippen LogP contribution in [-0.4, -0.2) is 37.0 Å². The van der Waals surface area contributed by atoms with Crippen molar-refractivity contribution in [3.05, 3.63) is 29.8 Å². The van der Waals surface area contributed by atoms with Gasteiger partial charge in [-0.15, -0.1) is 0 Å². The lowest BCUT2D eigenvalue weighted by molar-refractivity contribution is -0.137. The summed E-state index contributed by atoms with van der Waals surface area (Å²) in [5, 5.41) is 3.05. The standard InChI is InChI=1S/C15H24N2O2/c1-6-17(14(18)15(2,3)16-4)11-12-7-9-13(19-5)10-8-12/h7-10,16H,6,11H2,1-5H3. The number of carbonyl (C=O) groups excluding carboxylic acids is 1. The summed E-state index contributed by atoms with van der Waals surface area (Å²) in [6, 6.07) is 7.80. The summed E-state index contributed by atoms with van der Waals surface area (Å²) < 4.78 is 5.13. The Hall–Kier alpha value is -1.55. The Morgan fingerprint density at radius 2 is 1.89 bits per heavy atom. The monoisotopic (exact) mass is 264 g/mol. The van der Waals surface area contributed by atoms with Crippen LogP contribution in [0.5, 0.6) is 5.75 Å². The van der Waals surface area contributed by atoms with E-state index < -0.39 is 5.54 Å². The summed E-state index contributed by atoms with van der Waals surface area (Å²) in [6.45, 7) is 7.09. The van der Waals surface area contributed by atoms with E-state index in [4.69, 9.17) is 4.74 Å². The van der Waals surface area contributed by atoms with Gasteiger partial charge in [-0.05, 0) is 45.5 Å². The highest BCUT2D eigenvalue weighted by Gasteiger charge is 2.29. The average molecular weight is 264 g/mol. The van der Waals surface area contributed by atoms with Crippen LogP contribution < -0.4 is 10.1 Å². The lowest BCUT2D eigenvalue weighted by Gasteiger charge is -2.31. The van der Waals surface area contributed by atoms with Crippen molar-refractivity contribution in [3.63, 3.8) is 0 Å². The number of ether oxygens (including phenoxy) is 1. The summed E-state index contributed by atoms with van der Waals surface area (Å²) in [5.41, 5.74) is 0.561. The Kier molecular flexibility index (Phi) is 5.36. The molecule has 0 aliphatic carbocycles. The quantitative estimate of drug-likeness (QED) is 0.855. The molecule has 0 saturated carbocycles. The minimum Gasteiger partial charge on any atom is -0.497 e. The molecule has 0 heterocycles. The fourth-order valence-corrected chi connectivity index (χ4v) is 1.78. The van der Waals surface area contributed by atoms with Crippen molar-refractivity contribution in [1.82, 2.24) is 10.2 Å². The van der Waals surface area contributed by atoms with Crippen molar-refractivity contribution in [2.45, 2.75) is 32.9 Å². The Morgan fingerprint density at radius 1 is 1.32 bits per heavy atom. The van der Waals surface area contributed by atoms with Gasteiger partial charge in [0.15, 0.2) is 0 Å². The first-order valence-corrected chi connectivity index (χ1v) is 6.55. The average Bonchev–Trinajstić information content (AvgIpc) is 2.44. The molecule has 0 bridgehead atoms. The van der Waals surface area contributed by atoms with E-state index in [-0.39, 0.29) is 5.91 Å². The van der Waals surface area contributed by atoms with Crippen molar-refractivity contribution >= 4 is 5.91 Å². The molecule has 106 valence electrons. The molecular weight excluding hydrogens is 240 g/mol. The van der Waals surface area contributed by atoms with Gasteiger partial charge in [0, 0.05) is 13.1 Å². The molecular formula is C15H24N2O2. The van der Waals surface area contributed by atoms with Crippen LogP contribution in [0, 0.1) is 0 Å². The molecule has 1 rings (SSSR count). The Morgan fingerprint density at radius 3 is 2.32 bits per heavy atom. The largest absolute Gasteiger partial charge is 0.497 e. The summed E-state index contributed by atoms with van der Waals surface area (Å²) in [4.78, 5) is 14.2. The predicted octanol–water partition coefficient (Wildman–Crippen LogP) is 2.04. The van der Waals surface area contributed by atoms with Gasteiger partial charge in [0.1, 0.15) is 5.75 Å². The maximum Gasteiger partial charge on any atom is 0.242 e. The Labute approximate surface area is 115 Å². The molecule has 1 N–H and O–H groups in total. The minimum atomic E-state index is -0.539. The van der Waals surface area contributed by atoms with E-state index in [2.05, 4.69) is 5.32 Å². The molecule has 0 radical (unpaired) electrons. The molecule has 0 fully saturated rings. The molecule has 1 amide bonds. The number of nitrogens with one attached hydrogen (secondary N) is 1. The van der Waals surface area contributed by atoms with E-state index in [0.29, 0.717) is 13.1 Å². The van der Waals surface area contributed by atoms with E-state index in [9.17, 15) is 4.79 Å². The summed E-state index contributed by atoms with van der Waals surface area (Å²) in [7, 11) is 3.45. The third-order valence-corrected chi connectivity index (χ3v) is 3.36. The highest BCUT2D eigenvalue weighted by atomic mass is 16.5. The smallest absolute Gasteiger partial charge is 0.242 e. The zero-order chi connectivity index (χ0) is 14.5. The minimum absolute atomic E-state index is 0.105. The first kappa shape index (κ1) is 15.5. The van der Waals surface area contributed by atoms with Crippen LogP contribution in [0.25, 0.3) is 0 Å². The number of likely N-dealkylation sites (N-methyl/N-ethyl adjacent to an activating group) is 2. The lowest BCUT2D eigenvalue weighted by atomic mass is 10.0. The van der Waals surface area contributed by atoms with E-state index in [1.54, 1.807) is 14.2 Å². The van der Waals surface area contributed by atoms with Crippen LogP contribution in [0.4, 0.5) is 0 Å². The fraction of sp³-hybridized carbons (Fsp3) is 0.533. The molecule has 0 aliphatic rings. The van der Waals surface area contributed by atoms with Gasteiger partial charge < -0.3 is 15.0 Å². The number of methoxy groups -OCH3 is 1. The number of amides is 1. The number of benzene rings is 1. The summed E-state index contributed by atoms with van der Waals surface area (Å²) in [5.74, 6) is 0.932. The second kappa shape index (κ2) is 6.57. The second-order valence-electron chi connectivity index (χ2n) is 5.04. The molecule has 19 heavy (non-hydrogen) atoms. The van der Waals surface area contributed by atoms with Crippen LogP contribution in [0.1, 0.15) is 26.3 Å². The maximum atomic E-state index is 12.4. The van der Waals surface area contributed by atoms with Crippen LogP contribution >= 0.6 is 0 Å². The van der Waals surface area contributed by atoms with Crippen LogP contribution in [-0.2, 0) is 11.3 Å². The van der Waals surface area contributed by atoms with E-state index >= 15 is 0 Å². The predicted molar refractivity (Wildman–Crippen MR) is 77.2 cm³/mol. The van der Waals surface area contributed by atoms with E-state index in [1.165, 1.54) is 0 Å². The number of nitrogens with zero attached hydrogens (tertiary/aromatic N) is 1. The molecule has 4 nitrogen and oxygen atoms in total. The first-order chi connectivity index (χ1) is 8.94. The molecule has 1 aromatic rings. The van der Waals surface area contributed by atoms with E-state index in [1.807, 2.05) is 49.9 Å². The van der Waals surface area contributed by atoms with Crippen LogP contribution in [0.15, 0.2) is 24.3 Å². The maximum absolute atomic E-state index is 12.4. The normalized spacial score (nSPS) is 11.2. The molecule has 0 aromatic heterocycles. The van der Waals surface area contributed by atoms with Crippen molar-refractivity contribution in [2.24, 2.45) is 0 Å². The topological polar surface area (TPSA) is 41.6 Å². The number of carbonyl (C=O) groups is 1. The molecule has 0 atom stereocenters. The molecule has 0 unspecified atom stereocenters. The zero-order valence-corrected chi connectivity index (χ0v) is 12.5. The first-order valence-electron chi connectivity index (χ1n) is 6.55. The van der Waals surface area contributed by atoms with Crippen molar-refractivity contribution < 1.29 is 9.53 Å².